The van der Waals surface area contributed by atoms with Gasteiger partial charge in [0.15, 0.2) is 0 Å². The van der Waals surface area contributed by atoms with Crippen LogP contribution in [0, 0.1) is 0 Å². The monoisotopic (exact) mass is 169 g/mol. The van der Waals surface area contributed by atoms with Gasteiger partial charge in [0, 0.05) is 0 Å². The van der Waals surface area contributed by atoms with Gasteiger partial charge in [0.25, 0.3) is 0 Å². The number of ether oxygens (including phenoxy) is 2. The minimum absolute atomic E-state index is 0.194. The van der Waals surface area contributed by atoms with Crippen LogP contribution in [0.2, 0.25) is 0 Å². The van der Waals surface area contributed by atoms with E-state index in [2.05, 4.69) is 16.1 Å². The van der Waals surface area contributed by atoms with Crippen molar-refractivity contribution in [2.24, 2.45) is 5.73 Å². The Hall–Kier alpha value is -1.71. The third kappa shape index (κ3) is 5.10. The van der Waals surface area contributed by atoms with Crippen LogP contribution < -0.4 is 5.73 Å². The van der Waals surface area contributed by atoms with E-state index in [1.807, 2.05) is 0 Å². The third-order valence-corrected chi connectivity index (χ3v) is 0.885. The van der Waals surface area contributed by atoms with Crippen LogP contribution in [-0.2, 0) is 9.47 Å². The Balaban J connectivity index is 3.81. The fourth-order valence-electron chi connectivity index (χ4n) is 0.410. The molecule has 0 saturated heterocycles. The Morgan fingerprint density at radius 1 is 1.50 bits per heavy atom. The van der Waals surface area contributed by atoms with Crippen molar-refractivity contribution < 1.29 is 14.3 Å². The van der Waals surface area contributed by atoms with Gasteiger partial charge < -0.3 is 15.2 Å². The van der Waals surface area contributed by atoms with Gasteiger partial charge in [-0.05, 0) is 18.4 Å². The van der Waals surface area contributed by atoms with Gasteiger partial charge in [0.2, 0.25) is 0 Å². The Kier molecular flexibility index (Phi) is 5.17. The van der Waals surface area contributed by atoms with Crippen molar-refractivity contribution >= 4 is 6.16 Å². The van der Waals surface area contributed by atoms with Crippen LogP contribution >= 0.6 is 0 Å². The Morgan fingerprint density at radius 2 is 2.17 bits per heavy atom. The number of allylic oxidation sites excluding steroid dienone is 3. The van der Waals surface area contributed by atoms with E-state index in [1.54, 1.807) is 12.2 Å². The van der Waals surface area contributed by atoms with E-state index < -0.39 is 6.16 Å². The minimum Gasteiger partial charge on any atom is -0.437 e. The van der Waals surface area contributed by atoms with Gasteiger partial charge in [0.1, 0.15) is 5.76 Å². The first-order valence-corrected chi connectivity index (χ1v) is 3.20. The van der Waals surface area contributed by atoms with E-state index in [0.717, 1.165) is 0 Å². The minimum atomic E-state index is -0.790. The van der Waals surface area contributed by atoms with Crippen LogP contribution in [0.4, 0.5) is 4.79 Å². The van der Waals surface area contributed by atoms with Crippen molar-refractivity contribution in [2.75, 3.05) is 7.11 Å². The number of carbonyl (C=O) groups is 1. The first kappa shape index (κ1) is 10.3. The summed E-state index contributed by atoms with van der Waals surface area (Å²) in [6.45, 7) is 3.43. The van der Waals surface area contributed by atoms with Crippen molar-refractivity contribution in [3.63, 3.8) is 0 Å². The molecule has 4 heteroatoms. The Morgan fingerprint density at radius 3 is 2.67 bits per heavy atom. The number of hydrogen-bond acceptors (Lipinski definition) is 4. The smallest absolute Gasteiger partial charge is 0.437 e. The highest BCUT2D eigenvalue weighted by atomic mass is 16.7. The second kappa shape index (κ2) is 6.03. The normalized spacial score (nSPS) is 10.4. The summed E-state index contributed by atoms with van der Waals surface area (Å²) in [7, 11) is 1.22. The summed E-state index contributed by atoms with van der Waals surface area (Å²) in [6.07, 6.45) is 5.21. The molecule has 0 aromatic rings. The van der Waals surface area contributed by atoms with Crippen LogP contribution in [-0.4, -0.2) is 13.3 Å². The molecule has 0 aliphatic carbocycles. The van der Waals surface area contributed by atoms with E-state index >= 15 is 0 Å². The summed E-state index contributed by atoms with van der Waals surface area (Å²) in [5.41, 5.74) is 5.05. The van der Waals surface area contributed by atoms with Gasteiger partial charge in [-0.1, -0.05) is 12.7 Å². The second-order valence-electron chi connectivity index (χ2n) is 1.77. The van der Waals surface area contributed by atoms with E-state index in [0.29, 0.717) is 0 Å². The molecule has 0 atom stereocenters. The SMILES string of the molecule is C=C(/C=C\C=C/N)OC(=O)OC. The van der Waals surface area contributed by atoms with Crippen LogP contribution in [0.25, 0.3) is 0 Å². The lowest BCUT2D eigenvalue weighted by Gasteiger charge is -1.99. The lowest BCUT2D eigenvalue weighted by atomic mass is 10.4. The van der Waals surface area contributed by atoms with E-state index in [1.165, 1.54) is 19.4 Å². The molecule has 0 bridgehead atoms. The molecule has 0 rings (SSSR count). The molecule has 66 valence electrons. The summed E-state index contributed by atoms with van der Waals surface area (Å²) < 4.78 is 8.76. The maximum absolute atomic E-state index is 10.5. The van der Waals surface area contributed by atoms with Gasteiger partial charge in [-0.25, -0.2) is 4.79 Å². The number of methoxy groups -OCH3 is 1. The first-order valence-electron chi connectivity index (χ1n) is 3.20. The van der Waals surface area contributed by atoms with Gasteiger partial charge >= 0.3 is 6.16 Å². The highest BCUT2D eigenvalue weighted by molar-refractivity contribution is 5.61. The molecule has 0 spiro atoms. The standard InChI is InChI=1S/C8H11NO3/c1-7(5-3-4-6-9)12-8(10)11-2/h3-6H,1,9H2,2H3/b5-3-,6-4-. The first-order chi connectivity index (χ1) is 5.70. The van der Waals surface area contributed by atoms with Crippen LogP contribution in [0.3, 0.4) is 0 Å². The molecular formula is C8H11NO3. The van der Waals surface area contributed by atoms with Crippen molar-refractivity contribution in [2.45, 2.75) is 0 Å². The average molecular weight is 169 g/mol. The van der Waals surface area contributed by atoms with Gasteiger partial charge in [-0.3, -0.25) is 0 Å². The maximum atomic E-state index is 10.5. The highest BCUT2D eigenvalue weighted by Crippen LogP contribution is 1.97. The molecule has 2 N–H and O–H groups in total. The predicted molar refractivity (Wildman–Crippen MR) is 45.1 cm³/mol. The van der Waals surface area contributed by atoms with Gasteiger partial charge in [-0.15, -0.1) is 0 Å². The molecule has 0 aliphatic rings. The highest BCUT2D eigenvalue weighted by Gasteiger charge is 1.99. The topological polar surface area (TPSA) is 61.5 Å². The van der Waals surface area contributed by atoms with Crippen molar-refractivity contribution in [1.82, 2.24) is 0 Å². The van der Waals surface area contributed by atoms with Crippen molar-refractivity contribution in [1.29, 1.82) is 0 Å². The molecule has 0 saturated carbocycles. The maximum Gasteiger partial charge on any atom is 0.513 e. The molecule has 12 heavy (non-hydrogen) atoms. The van der Waals surface area contributed by atoms with Crippen LogP contribution in [0.15, 0.2) is 36.8 Å². The van der Waals surface area contributed by atoms with Gasteiger partial charge in [0.05, 0.1) is 7.11 Å². The zero-order valence-corrected chi connectivity index (χ0v) is 6.82. The molecule has 0 heterocycles. The number of hydrogen-bond donors (Lipinski definition) is 1. The van der Waals surface area contributed by atoms with Crippen molar-refractivity contribution in [3.05, 3.63) is 36.8 Å². The number of nitrogens with two attached hydrogens (primary N) is 1. The number of carbonyl (C=O) groups excluding carboxylic acids is 1. The summed E-state index contributed by atoms with van der Waals surface area (Å²) in [6, 6.07) is 0. The van der Waals surface area contributed by atoms with Crippen LogP contribution in [0.5, 0.6) is 0 Å². The molecule has 0 aliphatic heterocycles. The summed E-state index contributed by atoms with van der Waals surface area (Å²) in [4.78, 5) is 10.5. The largest absolute Gasteiger partial charge is 0.513 e. The number of rotatable bonds is 3. The predicted octanol–water partition coefficient (Wildman–Crippen LogP) is 1.31. The molecule has 0 aromatic carbocycles. The Bertz CT molecular complexity index is 218. The zero-order valence-electron chi connectivity index (χ0n) is 6.82. The Labute approximate surface area is 71.0 Å². The fourth-order valence-corrected chi connectivity index (χ4v) is 0.410. The van der Waals surface area contributed by atoms with Crippen molar-refractivity contribution in [3.8, 4) is 0 Å². The molecule has 0 aromatic heterocycles. The lowest BCUT2D eigenvalue weighted by molar-refractivity contribution is 0.100. The summed E-state index contributed by atoms with van der Waals surface area (Å²) >= 11 is 0. The fraction of sp³-hybridized carbons (Fsp3) is 0.125. The lowest BCUT2D eigenvalue weighted by Crippen LogP contribution is -2.01. The van der Waals surface area contributed by atoms with Crippen LogP contribution in [0.1, 0.15) is 0 Å². The van der Waals surface area contributed by atoms with E-state index in [-0.39, 0.29) is 5.76 Å². The van der Waals surface area contributed by atoms with E-state index in [9.17, 15) is 4.79 Å². The summed E-state index contributed by atoms with van der Waals surface area (Å²) in [5.74, 6) is 0.194. The van der Waals surface area contributed by atoms with E-state index in [4.69, 9.17) is 5.73 Å². The molecule has 0 fully saturated rings. The third-order valence-electron chi connectivity index (χ3n) is 0.885. The summed E-state index contributed by atoms with van der Waals surface area (Å²) in [5, 5.41) is 0. The molecule has 0 unspecified atom stereocenters. The molecule has 4 nitrogen and oxygen atoms in total. The average Bonchev–Trinajstić information content (AvgIpc) is 2.05. The molecule has 0 amide bonds. The second-order valence-corrected chi connectivity index (χ2v) is 1.77. The zero-order chi connectivity index (χ0) is 9.40. The molecule has 0 radical (unpaired) electrons. The quantitative estimate of drug-likeness (QED) is 0.393. The van der Waals surface area contributed by atoms with Gasteiger partial charge in [-0.2, -0.15) is 0 Å². The molecular weight excluding hydrogens is 158 g/mol.